The predicted molar refractivity (Wildman–Crippen MR) is 101 cm³/mol. The summed E-state index contributed by atoms with van der Waals surface area (Å²) in [6.45, 7) is 0. The molecular formula is C21H12ClNOS. The van der Waals surface area contributed by atoms with Crippen molar-refractivity contribution in [2.75, 3.05) is 5.75 Å². The lowest BCUT2D eigenvalue weighted by Crippen LogP contribution is -2.13. The van der Waals surface area contributed by atoms with Crippen LogP contribution in [-0.4, -0.2) is 5.75 Å². The van der Waals surface area contributed by atoms with Crippen LogP contribution in [0.15, 0.2) is 70.5 Å². The van der Waals surface area contributed by atoms with Gasteiger partial charge in [-0.1, -0.05) is 35.9 Å². The lowest BCUT2D eigenvalue weighted by Gasteiger charge is -2.30. The van der Waals surface area contributed by atoms with Gasteiger partial charge in [0.25, 0.3) is 0 Å². The molecule has 2 nitrogen and oxygen atoms in total. The SMILES string of the molecule is N#C/C=C1\OC2=C(C3=C1CSc1ccc(Cl)cc13)c1ccccc1C2. The smallest absolute Gasteiger partial charge is 0.142 e. The van der Waals surface area contributed by atoms with E-state index in [1.807, 2.05) is 12.1 Å². The van der Waals surface area contributed by atoms with E-state index in [2.05, 4.69) is 36.4 Å². The number of rotatable bonds is 0. The van der Waals surface area contributed by atoms with Gasteiger partial charge < -0.3 is 4.74 Å². The van der Waals surface area contributed by atoms with E-state index in [0.717, 1.165) is 39.7 Å². The number of halogens is 1. The molecule has 2 aromatic rings. The number of benzene rings is 2. The van der Waals surface area contributed by atoms with Crippen molar-refractivity contribution in [1.29, 1.82) is 5.26 Å². The fourth-order valence-electron chi connectivity index (χ4n) is 3.75. The summed E-state index contributed by atoms with van der Waals surface area (Å²) in [6, 6.07) is 16.6. The number of thioether (sulfide) groups is 1. The van der Waals surface area contributed by atoms with Crippen LogP contribution in [0.25, 0.3) is 11.1 Å². The molecule has 0 aromatic heterocycles. The summed E-state index contributed by atoms with van der Waals surface area (Å²) in [4.78, 5) is 1.22. The largest absolute Gasteiger partial charge is 0.460 e. The van der Waals surface area contributed by atoms with Gasteiger partial charge in [0.1, 0.15) is 11.5 Å². The Bertz CT molecular complexity index is 1070. The van der Waals surface area contributed by atoms with Gasteiger partial charge >= 0.3 is 0 Å². The molecule has 0 saturated carbocycles. The Kier molecular flexibility index (Phi) is 3.31. The van der Waals surface area contributed by atoms with Crippen LogP contribution in [-0.2, 0) is 11.2 Å². The van der Waals surface area contributed by atoms with E-state index in [4.69, 9.17) is 16.3 Å². The first-order valence-electron chi connectivity index (χ1n) is 8.02. The van der Waals surface area contributed by atoms with Gasteiger partial charge in [-0.15, -0.1) is 11.8 Å². The molecule has 3 aliphatic rings. The molecule has 5 rings (SSSR count). The molecule has 0 radical (unpaired) electrons. The van der Waals surface area contributed by atoms with Crippen LogP contribution in [0.3, 0.4) is 0 Å². The highest BCUT2D eigenvalue weighted by Gasteiger charge is 2.36. The number of allylic oxidation sites excluding steroid dienone is 5. The standard InChI is InChI=1S/C21H12ClNOS/c22-13-5-6-19-15(10-13)20-16(11-25-19)17(7-8-23)24-18-9-12-3-1-2-4-14(12)21(18)20/h1-7,10H,9,11H2/b17-7-. The lowest BCUT2D eigenvalue weighted by molar-refractivity contribution is 0.308. The van der Waals surface area contributed by atoms with Crippen LogP contribution < -0.4 is 0 Å². The Balaban J connectivity index is 1.82. The van der Waals surface area contributed by atoms with Crippen LogP contribution >= 0.6 is 23.4 Å². The van der Waals surface area contributed by atoms with Gasteiger partial charge in [0.05, 0.1) is 12.1 Å². The first kappa shape index (κ1) is 14.9. The van der Waals surface area contributed by atoms with E-state index in [1.54, 1.807) is 11.8 Å². The molecule has 0 unspecified atom stereocenters. The van der Waals surface area contributed by atoms with E-state index < -0.39 is 0 Å². The van der Waals surface area contributed by atoms with Gasteiger partial charge in [-0.2, -0.15) is 5.26 Å². The number of hydrogen-bond acceptors (Lipinski definition) is 3. The van der Waals surface area contributed by atoms with Crippen molar-refractivity contribution < 1.29 is 4.74 Å². The van der Waals surface area contributed by atoms with Crippen LogP contribution in [0.5, 0.6) is 0 Å². The summed E-state index contributed by atoms with van der Waals surface area (Å²) in [6.07, 6.45) is 2.27. The fraction of sp³-hybridized carbons (Fsp3) is 0.0952. The number of hydrogen-bond donors (Lipinski definition) is 0. The van der Waals surface area contributed by atoms with Crippen molar-refractivity contribution in [1.82, 2.24) is 0 Å². The number of nitrogens with zero attached hydrogens (tertiary/aromatic N) is 1. The van der Waals surface area contributed by atoms with Crippen molar-refractivity contribution in [3.05, 3.63) is 87.3 Å². The summed E-state index contributed by atoms with van der Waals surface area (Å²) in [7, 11) is 0. The first-order valence-corrected chi connectivity index (χ1v) is 9.38. The second-order valence-electron chi connectivity index (χ2n) is 6.15. The van der Waals surface area contributed by atoms with Gasteiger partial charge in [-0.05, 0) is 34.9 Å². The molecule has 25 heavy (non-hydrogen) atoms. The van der Waals surface area contributed by atoms with E-state index in [0.29, 0.717) is 5.76 Å². The number of ether oxygens (including phenoxy) is 1. The fourth-order valence-corrected chi connectivity index (χ4v) is 4.99. The molecule has 0 bridgehead atoms. The minimum absolute atomic E-state index is 0.669. The Hall–Kier alpha value is -2.41. The molecule has 1 aliphatic carbocycles. The molecule has 0 amide bonds. The third-order valence-corrected chi connectivity index (χ3v) is 6.11. The van der Waals surface area contributed by atoms with Gasteiger partial charge in [0.2, 0.25) is 0 Å². The minimum atomic E-state index is 0.669. The summed E-state index contributed by atoms with van der Waals surface area (Å²) in [5.41, 5.74) is 7.03. The van der Waals surface area contributed by atoms with Gasteiger partial charge in [-0.3, -0.25) is 0 Å². The van der Waals surface area contributed by atoms with E-state index in [9.17, 15) is 5.26 Å². The molecule has 0 spiro atoms. The Morgan fingerprint density at radius 1 is 1.12 bits per heavy atom. The van der Waals surface area contributed by atoms with Crippen molar-refractivity contribution >= 4 is 34.5 Å². The van der Waals surface area contributed by atoms with E-state index >= 15 is 0 Å². The van der Waals surface area contributed by atoms with Gasteiger partial charge in [-0.25, -0.2) is 0 Å². The molecule has 0 saturated heterocycles. The summed E-state index contributed by atoms with van der Waals surface area (Å²) in [5.74, 6) is 2.39. The molecule has 120 valence electrons. The Labute approximate surface area is 155 Å². The van der Waals surface area contributed by atoms with Gasteiger partial charge in [0, 0.05) is 38.8 Å². The topological polar surface area (TPSA) is 33.0 Å². The average molecular weight is 362 g/mol. The Morgan fingerprint density at radius 2 is 2.00 bits per heavy atom. The highest BCUT2D eigenvalue weighted by molar-refractivity contribution is 7.99. The molecular weight excluding hydrogens is 350 g/mol. The van der Waals surface area contributed by atoms with Crippen LogP contribution in [0, 0.1) is 11.3 Å². The van der Waals surface area contributed by atoms with Crippen LogP contribution in [0.2, 0.25) is 5.02 Å². The maximum Gasteiger partial charge on any atom is 0.142 e. The lowest BCUT2D eigenvalue weighted by atomic mass is 9.87. The van der Waals surface area contributed by atoms with Crippen LogP contribution in [0.4, 0.5) is 0 Å². The Morgan fingerprint density at radius 3 is 2.88 bits per heavy atom. The zero-order valence-electron chi connectivity index (χ0n) is 13.2. The van der Waals surface area contributed by atoms with Gasteiger partial charge in [0.15, 0.2) is 0 Å². The monoisotopic (exact) mass is 361 g/mol. The zero-order valence-corrected chi connectivity index (χ0v) is 14.7. The minimum Gasteiger partial charge on any atom is -0.460 e. The average Bonchev–Trinajstić information content (AvgIpc) is 2.99. The molecule has 2 aromatic carbocycles. The van der Waals surface area contributed by atoms with Crippen molar-refractivity contribution in [3.63, 3.8) is 0 Å². The normalized spacial score (nSPS) is 19.0. The molecule has 0 N–H and O–H groups in total. The maximum absolute atomic E-state index is 9.19. The second kappa shape index (κ2) is 5.56. The van der Waals surface area contributed by atoms with Crippen LogP contribution in [0.1, 0.15) is 16.7 Å². The van der Waals surface area contributed by atoms with Crippen molar-refractivity contribution in [3.8, 4) is 6.07 Å². The van der Waals surface area contributed by atoms with Crippen molar-refractivity contribution in [2.24, 2.45) is 0 Å². The molecule has 0 atom stereocenters. The summed E-state index contributed by atoms with van der Waals surface area (Å²) in [5, 5.41) is 9.91. The third kappa shape index (κ3) is 2.18. The first-order chi connectivity index (χ1) is 12.3. The molecule has 2 aliphatic heterocycles. The third-order valence-electron chi connectivity index (χ3n) is 4.78. The van der Waals surface area contributed by atoms with Crippen molar-refractivity contribution in [2.45, 2.75) is 11.3 Å². The van der Waals surface area contributed by atoms with E-state index in [1.165, 1.54) is 27.7 Å². The quantitative estimate of drug-likeness (QED) is 0.572. The highest BCUT2D eigenvalue weighted by Crippen LogP contribution is 2.53. The summed E-state index contributed by atoms with van der Waals surface area (Å²) < 4.78 is 6.16. The molecule has 4 heteroatoms. The second-order valence-corrected chi connectivity index (χ2v) is 7.61. The zero-order chi connectivity index (χ0) is 17.0. The molecule has 0 fully saturated rings. The van der Waals surface area contributed by atoms with E-state index in [-0.39, 0.29) is 0 Å². The molecule has 2 heterocycles. The predicted octanol–water partition coefficient (Wildman–Crippen LogP) is 5.60. The summed E-state index contributed by atoms with van der Waals surface area (Å²) >= 11 is 8.06. The highest BCUT2D eigenvalue weighted by atomic mass is 35.5. The maximum atomic E-state index is 9.19. The number of fused-ring (bicyclic) bond motifs is 5. The number of nitriles is 1.